The van der Waals surface area contributed by atoms with Crippen LogP contribution in [0.25, 0.3) is 0 Å². The molecule has 1 unspecified atom stereocenters. The van der Waals surface area contributed by atoms with E-state index in [1.54, 1.807) is 18.2 Å². The number of nitrogens with one attached hydrogen (secondary N) is 1. The summed E-state index contributed by atoms with van der Waals surface area (Å²) >= 11 is 24.6. The number of benzene rings is 2. The standard InChI is InChI=1S/C19H18Cl4N2O/c20-13-6-7-18(17(23)9-13)24-19(26)12-3-2-8-25(10-12)11-14-15(21)4-1-5-16(14)22/h1,4-7,9,12H,2-3,8,10-11H2,(H,24,26). The lowest BCUT2D eigenvalue weighted by Gasteiger charge is -2.32. The molecular formula is C19H18Cl4N2O. The highest BCUT2D eigenvalue weighted by Crippen LogP contribution is 2.29. The summed E-state index contributed by atoms with van der Waals surface area (Å²) in [6, 6.07) is 10.5. The van der Waals surface area contributed by atoms with E-state index in [1.807, 2.05) is 18.2 Å². The zero-order valence-corrected chi connectivity index (χ0v) is 17.0. The molecule has 0 saturated carbocycles. The van der Waals surface area contributed by atoms with E-state index in [9.17, 15) is 4.79 Å². The van der Waals surface area contributed by atoms with Gasteiger partial charge in [-0.05, 0) is 49.7 Å². The van der Waals surface area contributed by atoms with Gasteiger partial charge in [0.2, 0.25) is 5.91 Å². The maximum Gasteiger partial charge on any atom is 0.228 e. The van der Waals surface area contributed by atoms with Crippen molar-refractivity contribution in [3.8, 4) is 0 Å². The van der Waals surface area contributed by atoms with Gasteiger partial charge in [0.05, 0.1) is 16.6 Å². The first-order chi connectivity index (χ1) is 12.4. The lowest BCUT2D eigenvalue weighted by Crippen LogP contribution is -2.40. The van der Waals surface area contributed by atoms with Gasteiger partial charge in [-0.1, -0.05) is 52.5 Å². The fourth-order valence-corrected chi connectivity index (χ4v) is 4.12. The lowest BCUT2D eigenvalue weighted by molar-refractivity contribution is -0.121. The van der Waals surface area contributed by atoms with E-state index in [2.05, 4.69) is 10.2 Å². The summed E-state index contributed by atoms with van der Waals surface area (Å²) < 4.78 is 0. The maximum absolute atomic E-state index is 12.7. The van der Waals surface area contributed by atoms with Crippen LogP contribution in [0.1, 0.15) is 18.4 Å². The summed E-state index contributed by atoms with van der Waals surface area (Å²) in [5, 5.41) is 5.17. The summed E-state index contributed by atoms with van der Waals surface area (Å²) in [5.74, 6) is -0.152. The number of nitrogens with zero attached hydrogens (tertiary/aromatic N) is 1. The highest BCUT2D eigenvalue weighted by molar-refractivity contribution is 6.37. The van der Waals surface area contributed by atoms with Crippen LogP contribution in [0, 0.1) is 5.92 Å². The second-order valence-corrected chi connectivity index (χ2v) is 8.05. The van der Waals surface area contributed by atoms with Crippen molar-refractivity contribution in [3.63, 3.8) is 0 Å². The molecule has 1 saturated heterocycles. The third kappa shape index (κ3) is 4.85. The van der Waals surface area contributed by atoms with Crippen LogP contribution in [0.4, 0.5) is 5.69 Å². The number of amides is 1. The molecule has 1 amide bonds. The number of halogens is 4. The molecule has 1 heterocycles. The Balaban J connectivity index is 1.65. The average Bonchev–Trinajstić information content (AvgIpc) is 2.61. The van der Waals surface area contributed by atoms with Crippen molar-refractivity contribution in [2.24, 2.45) is 5.92 Å². The number of rotatable bonds is 4. The van der Waals surface area contributed by atoms with Crippen LogP contribution in [0.3, 0.4) is 0 Å². The second kappa shape index (κ2) is 8.81. The van der Waals surface area contributed by atoms with Gasteiger partial charge in [0.1, 0.15) is 0 Å². The van der Waals surface area contributed by atoms with Crippen LogP contribution < -0.4 is 5.32 Å². The average molecular weight is 432 g/mol. The first-order valence-electron chi connectivity index (χ1n) is 8.35. The molecular weight excluding hydrogens is 414 g/mol. The number of hydrogen-bond donors (Lipinski definition) is 1. The summed E-state index contributed by atoms with van der Waals surface area (Å²) in [4.78, 5) is 14.9. The summed E-state index contributed by atoms with van der Waals surface area (Å²) in [5.41, 5.74) is 1.48. The molecule has 0 aliphatic carbocycles. The van der Waals surface area contributed by atoms with Crippen LogP contribution in [-0.4, -0.2) is 23.9 Å². The van der Waals surface area contributed by atoms with Gasteiger partial charge in [0, 0.05) is 33.7 Å². The van der Waals surface area contributed by atoms with Crippen molar-refractivity contribution in [2.75, 3.05) is 18.4 Å². The first-order valence-corrected chi connectivity index (χ1v) is 9.86. The summed E-state index contributed by atoms with van der Waals surface area (Å²) in [6.07, 6.45) is 1.78. The van der Waals surface area contributed by atoms with Gasteiger partial charge >= 0.3 is 0 Å². The van der Waals surface area contributed by atoms with Gasteiger partial charge in [0.25, 0.3) is 0 Å². The molecule has 3 rings (SSSR count). The van der Waals surface area contributed by atoms with Crippen molar-refractivity contribution in [1.82, 2.24) is 4.90 Å². The number of carbonyl (C=O) groups excluding carboxylic acids is 1. The van der Waals surface area contributed by atoms with Gasteiger partial charge < -0.3 is 5.32 Å². The van der Waals surface area contributed by atoms with Crippen molar-refractivity contribution < 1.29 is 4.79 Å². The van der Waals surface area contributed by atoms with Crippen molar-refractivity contribution in [3.05, 3.63) is 62.1 Å². The summed E-state index contributed by atoms with van der Waals surface area (Å²) in [7, 11) is 0. The van der Waals surface area contributed by atoms with Crippen molar-refractivity contribution in [1.29, 1.82) is 0 Å². The molecule has 0 bridgehead atoms. The molecule has 0 aromatic heterocycles. The van der Waals surface area contributed by atoms with Crippen molar-refractivity contribution >= 4 is 58.0 Å². The zero-order chi connectivity index (χ0) is 18.7. The van der Waals surface area contributed by atoms with Crippen LogP contribution in [0.5, 0.6) is 0 Å². The second-order valence-electron chi connectivity index (χ2n) is 6.39. The molecule has 2 aromatic rings. The van der Waals surface area contributed by atoms with Crippen LogP contribution in [0.2, 0.25) is 20.1 Å². The smallest absolute Gasteiger partial charge is 0.228 e. The number of anilines is 1. The fourth-order valence-electron chi connectivity index (χ4n) is 3.15. The Labute approximate surface area is 173 Å². The number of piperidine rings is 1. The Bertz CT molecular complexity index is 792. The molecule has 3 nitrogen and oxygen atoms in total. The van der Waals surface area contributed by atoms with E-state index in [0.717, 1.165) is 24.9 Å². The molecule has 1 atom stereocenters. The molecule has 138 valence electrons. The predicted octanol–water partition coefficient (Wildman–Crippen LogP) is 6.15. The van der Waals surface area contributed by atoms with E-state index >= 15 is 0 Å². The predicted molar refractivity (Wildman–Crippen MR) is 110 cm³/mol. The highest BCUT2D eigenvalue weighted by Gasteiger charge is 2.27. The van der Waals surface area contributed by atoms with Gasteiger partial charge in [-0.2, -0.15) is 0 Å². The minimum absolute atomic E-state index is 0.0378. The first kappa shape index (κ1) is 19.8. The Hall–Kier alpha value is -0.970. The van der Waals surface area contributed by atoms with Gasteiger partial charge in [0.15, 0.2) is 0 Å². The molecule has 26 heavy (non-hydrogen) atoms. The highest BCUT2D eigenvalue weighted by atomic mass is 35.5. The largest absolute Gasteiger partial charge is 0.324 e. The Kier molecular flexibility index (Phi) is 6.70. The SMILES string of the molecule is O=C(Nc1ccc(Cl)cc1Cl)C1CCCN(Cc2c(Cl)cccc2Cl)C1. The van der Waals surface area contributed by atoms with E-state index in [0.29, 0.717) is 38.9 Å². The third-order valence-corrected chi connectivity index (χ3v) is 5.76. The third-order valence-electron chi connectivity index (χ3n) is 4.51. The quantitative estimate of drug-likeness (QED) is 0.629. The molecule has 1 N–H and O–H groups in total. The number of likely N-dealkylation sites (tertiary alicyclic amines) is 1. The molecule has 1 aliphatic rings. The van der Waals surface area contributed by atoms with E-state index in [1.165, 1.54) is 0 Å². The molecule has 0 radical (unpaired) electrons. The van der Waals surface area contributed by atoms with E-state index < -0.39 is 0 Å². The molecule has 0 spiro atoms. The monoisotopic (exact) mass is 430 g/mol. The zero-order valence-electron chi connectivity index (χ0n) is 13.9. The summed E-state index contributed by atoms with van der Waals surface area (Å²) in [6.45, 7) is 2.19. The topological polar surface area (TPSA) is 32.3 Å². The Morgan fingerprint density at radius 3 is 2.50 bits per heavy atom. The van der Waals surface area contributed by atoms with Crippen molar-refractivity contribution in [2.45, 2.75) is 19.4 Å². The number of hydrogen-bond acceptors (Lipinski definition) is 2. The van der Waals surface area contributed by atoms with Crippen LogP contribution >= 0.6 is 46.4 Å². The van der Waals surface area contributed by atoms with E-state index in [-0.39, 0.29) is 11.8 Å². The molecule has 1 aliphatic heterocycles. The van der Waals surface area contributed by atoms with Crippen LogP contribution in [0.15, 0.2) is 36.4 Å². The fraction of sp³-hybridized carbons (Fsp3) is 0.316. The minimum Gasteiger partial charge on any atom is -0.324 e. The minimum atomic E-state index is -0.114. The maximum atomic E-state index is 12.7. The van der Waals surface area contributed by atoms with Gasteiger partial charge in [-0.25, -0.2) is 0 Å². The van der Waals surface area contributed by atoms with Gasteiger partial charge in [-0.15, -0.1) is 0 Å². The van der Waals surface area contributed by atoms with E-state index in [4.69, 9.17) is 46.4 Å². The molecule has 1 fully saturated rings. The molecule has 7 heteroatoms. The molecule has 2 aromatic carbocycles. The Morgan fingerprint density at radius 2 is 1.81 bits per heavy atom. The normalized spacial score (nSPS) is 17.9. The van der Waals surface area contributed by atoms with Crippen LogP contribution in [-0.2, 0) is 11.3 Å². The Morgan fingerprint density at radius 1 is 1.08 bits per heavy atom. The lowest BCUT2D eigenvalue weighted by atomic mass is 9.96. The number of carbonyl (C=O) groups is 1. The van der Waals surface area contributed by atoms with Gasteiger partial charge in [-0.3, -0.25) is 9.69 Å².